The zero-order chi connectivity index (χ0) is 17.2. The second-order valence-electron chi connectivity index (χ2n) is 4.48. The van der Waals surface area contributed by atoms with Crippen molar-refractivity contribution in [3.05, 3.63) is 42.5 Å². The van der Waals surface area contributed by atoms with Crippen molar-refractivity contribution in [2.24, 2.45) is 5.73 Å². The average molecular weight is 322 g/mol. The molecule has 0 aliphatic carbocycles. The van der Waals surface area contributed by atoms with E-state index in [4.69, 9.17) is 10.8 Å². The van der Waals surface area contributed by atoms with Crippen molar-refractivity contribution in [3.63, 3.8) is 0 Å². The van der Waals surface area contributed by atoms with E-state index < -0.39 is 30.5 Å². The molecular formula is C15H18N2O6. The molecule has 0 bridgehead atoms. The minimum absolute atomic E-state index is 0.0948. The van der Waals surface area contributed by atoms with Crippen LogP contribution in [-0.4, -0.2) is 35.8 Å². The highest BCUT2D eigenvalue weighted by atomic mass is 16.7. The molecule has 0 saturated heterocycles. The quantitative estimate of drug-likeness (QED) is 0.383. The van der Waals surface area contributed by atoms with Crippen molar-refractivity contribution < 1.29 is 29.0 Å². The summed E-state index contributed by atoms with van der Waals surface area (Å²) in [6.07, 6.45) is -0.349. The van der Waals surface area contributed by atoms with Gasteiger partial charge in [0, 0.05) is 5.69 Å². The Bertz CT molecular complexity index is 570. The summed E-state index contributed by atoms with van der Waals surface area (Å²) in [5.41, 5.74) is 6.73. The second kappa shape index (κ2) is 9.34. The van der Waals surface area contributed by atoms with Crippen molar-refractivity contribution >= 4 is 23.7 Å². The number of carbonyl (C=O) groups excluding carboxylic acids is 3. The number of nitrogens with one attached hydrogen (secondary N) is 1. The molecule has 1 aromatic carbocycles. The molecule has 1 aromatic rings. The first-order valence-corrected chi connectivity index (χ1v) is 6.70. The average Bonchev–Trinajstić information content (AvgIpc) is 2.53. The predicted octanol–water partition coefficient (Wildman–Crippen LogP) is 0.701. The fourth-order valence-corrected chi connectivity index (χ4v) is 1.49. The lowest BCUT2D eigenvalue weighted by Gasteiger charge is -2.11. The lowest BCUT2D eigenvalue weighted by Crippen LogP contribution is -2.38. The Hall–Kier alpha value is -2.71. The van der Waals surface area contributed by atoms with E-state index in [1.165, 1.54) is 6.08 Å². The molecule has 1 rings (SSSR count). The van der Waals surface area contributed by atoms with Crippen LogP contribution >= 0.6 is 0 Å². The van der Waals surface area contributed by atoms with E-state index in [-0.39, 0.29) is 13.2 Å². The number of amides is 1. The number of aliphatic hydroxyl groups excluding tert-OH is 1. The van der Waals surface area contributed by atoms with Crippen molar-refractivity contribution in [3.8, 4) is 0 Å². The fourth-order valence-electron chi connectivity index (χ4n) is 1.49. The number of aliphatic hydroxyl groups is 1. The first kappa shape index (κ1) is 18.3. The van der Waals surface area contributed by atoms with Crippen LogP contribution in [0.25, 0.3) is 0 Å². The minimum Gasteiger partial charge on any atom is -0.430 e. The van der Waals surface area contributed by atoms with E-state index in [0.29, 0.717) is 11.3 Å². The lowest BCUT2D eigenvalue weighted by molar-refractivity contribution is -0.141. The maximum Gasteiger partial charge on any atom is 0.516 e. The van der Waals surface area contributed by atoms with Crippen LogP contribution < -0.4 is 11.1 Å². The zero-order valence-electron chi connectivity index (χ0n) is 12.4. The SMILES string of the molecule is C=CCOC(=O)OC(=O)CC(N)C(=O)Nc1ccc(CO)cc1. The second-order valence-corrected chi connectivity index (χ2v) is 4.48. The number of ether oxygens (including phenoxy) is 2. The van der Waals surface area contributed by atoms with E-state index in [2.05, 4.69) is 21.4 Å². The molecule has 0 saturated carbocycles. The number of benzene rings is 1. The highest BCUT2D eigenvalue weighted by Crippen LogP contribution is 2.10. The number of carbonyl (C=O) groups is 3. The zero-order valence-corrected chi connectivity index (χ0v) is 12.4. The van der Waals surface area contributed by atoms with Crippen molar-refractivity contribution in [2.75, 3.05) is 11.9 Å². The first-order chi connectivity index (χ1) is 11.0. The summed E-state index contributed by atoms with van der Waals surface area (Å²) in [4.78, 5) is 34.3. The highest BCUT2D eigenvalue weighted by Gasteiger charge is 2.21. The molecule has 4 N–H and O–H groups in total. The van der Waals surface area contributed by atoms with Crippen LogP contribution in [-0.2, 0) is 25.7 Å². The van der Waals surface area contributed by atoms with Gasteiger partial charge in [0.25, 0.3) is 0 Å². The van der Waals surface area contributed by atoms with E-state index in [9.17, 15) is 14.4 Å². The Morgan fingerprint density at radius 1 is 1.30 bits per heavy atom. The number of rotatable bonds is 7. The topological polar surface area (TPSA) is 128 Å². The van der Waals surface area contributed by atoms with Gasteiger partial charge in [0.05, 0.1) is 19.1 Å². The Morgan fingerprint density at radius 2 is 1.96 bits per heavy atom. The maximum atomic E-state index is 11.8. The normalized spacial score (nSPS) is 11.2. The molecule has 0 spiro atoms. The molecule has 0 fully saturated rings. The van der Waals surface area contributed by atoms with E-state index in [1.54, 1.807) is 24.3 Å². The molecule has 8 nitrogen and oxygen atoms in total. The maximum absolute atomic E-state index is 11.8. The lowest BCUT2D eigenvalue weighted by atomic mass is 10.2. The van der Waals surface area contributed by atoms with E-state index in [1.807, 2.05) is 0 Å². The molecule has 124 valence electrons. The molecule has 23 heavy (non-hydrogen) atoms. The fraction of sp³-hybridized carbons (Fsp3) is 0.267. The van der Waals surface area contributed by atoms with Crippen LogP contribution in [0.5, 0.6) is 0 Å². The van der Waals surface area contributed by atoms with Gasteiger partial charge in [0.15, 0.2) is 0 Å². The third-order valence-electron chi connectivity index (χ3n) is 2.64. The Kier molecular flexibility index (Phi) is 7.44. The van der Waals surface area contributed by atoms with E-state index >= 15 is 0 Å². The Balaban J connectivity index is 2.44. The van der Waals surface area contributed by atoms with Gasteiger partial charge in [-0.25, -0.2) is 4.79 Å². The molecule has 0 aromatic heterocycles. The van der Waals surface area contributed by atoms with Crippen LogP contribution in [0.2, 0.25) is 0 Å². The van der Waals surface area contributed by atoms with Gasteiger partial charge in [-0.05, 0) is 17.7 Å². The van der Waals surface area contributed by atoms with Crippen LogP contribution in [0.3, 0.4) is 0 Å². The molecule has 0 aliphatic heterocycles. The predicted molar refractivity (Wildman–Crippen MR) is 81.2 cm³/mol. The monoisotopic (exact) mass is 322 g/mol. The third-order valence-corrected chi connectivity index (χ3v) is 2.64. The van der Waals surface area contributed by atoms with Gasteiger partial charge in [-0.15, -0.1) is 0 Å². The summed E-state index contributed by atoms with van der Waals surface area (Å²) < 4.78 is 8.78. The van der Waals surface area contributed by atoms with E-state index in [0.717, 1.165) is 0 Å². The number of nitrogens with two attached hydrogens (primary N) is 1. The van der Waals surface area contributed by atoms with Gasteiger partial charge < -0.3 is 25.6 Å². The molecule has 0 heterocycles. The molecule has 1 atom stereocenters. The third kappa shape index (κ3) is 6.72. The Morgan fingerprint density at radius 3 is 2.52 bits per heavy atom. The van der Waals surface area contributed by atoms with Crippen LogP contribution in [0, 0.1) is 0 Å². The summed E-state index contributed by atoms with van der Waals surface area (Å²) in [7, 11) is 0. The number of hydrogen-bond acceptors (Lipinski definition) is 7. The molecule has 1 amide bonds. The summed E-state index contributed by atoms with van der Waals surface area (Å²) in [6, 6.07) is 5.24. The summed E-state index contributed by atoms with van der Waals surface area (Å²) >= 11 is 0. The smallest absolute Gasteiger partial charge is 0.430 e. The molecule has 8 heteroatoms. The summed E-state index contributed by atoms with van der Waals surface area (Å²) in [6.45, 7) is 3.13. The highest BCUT2D eigenvalue weighted by molar-refractivity contribution is 5.97. The van der Waals surface area contributed by atoms with Gasteiger partial charge in [0.2, 0.25) is 5.91 Å². The number of anilines is 1. The summed E-state index contributed by atoms with van der Waals surface area (Å²) in [5.74, 6) is -1.59. The molecule has 1 unspecified atom stereocenters. The molecule has 0 aliphatic rings. The standard InChI is InChI=1S/C15H18N2O6/c1-2-7-22-15(21)23-13(19)8-12(16)14(20)17-11-5-3-10(9-18)4-6-11/h2-6,12,18H,1,7-9,16H2,(H,17,20). The number of hydrogen-bond donors (Lipinski definition) is 3. The van der Waals surface area contributed by atoms with Crippen molar-refractivity contribution in [2.45, 2.75) is 19.1 Å². The molecular weight excluding hydrogens is 304 g/mol. The number of esters is 1. The van der Waals surface area contributed by atoms with Gasteiger partial charge >= 0.3 is 12.1 Å². The molecule has 0 radical (unpaired) electrons. The van der Waals surface area contributed by atoms with Gasteiger partial charge in [0.1, 0.15) is 6.61 Å². The van der Waals surface area contributed by atoms with Gasteiger partial charge in [-0.1, -0.05) is 24.8 Å². The van der Waals surface area contributed by atoms with Crippen LogP contribution in [0.4, 0.5) is 10.5 Å². The van der Waals surface area contributed by atoms with Crippen molar-refractivity contribution in [1.29, 1.82) is 0 Å². The minimum atomic E-state index is -1.19. The van der Waals surface area contributed by atoms with Crippen LogP contribution in [0.15, 0.2) is 36.9 Å². The summed E-state index contributed by atoms with van der Waals surface area (Å²) in [5, 5.41) is 11.4. The largest absolute Gasteiger partial charge is 0.516 e. The first-order valence-electron chi connectivity index (χ1n) is 6.70. The van der Waals surface area contributed by atoms with Gasteiger partial charge in [-0.2, -0.15) is 0 Å². The van der Waals surface area contributed by atoms with Crippen LogP contribution in [0.1, 0.15) is 12.0 Å². The Labute approximate surface area is 132 Å². The van der Waals surface area contributed by atoms with Gasteiger partial charge in [-0.3, -0.25) is 9.59 Å². The van der Waals surface area contributed by atoms with Crippen molar-refractivity contribution in [1.82, 2.24) is 0 Å².